The molecule has 5 heterocycles. The van der Waals surface area contributed by atoms with E-state index in [4.69, 9.17) is 19.9 Å². The molecule has 0 bridgehead atoms. The van der Waals surface area contributed by atoms with Gasteiger partial charge in [-0.15, -0.1) is 0 Å². The number of nitriles is 1. The molecule has 6 nitrogen and oxygen atoms in total. The molecule has 430 valence electrons. The zero-order valence-corrected chi connectivity index (χ0v) is 50.9. The highest BCUT2D eigenvalue weighted by atomic mass is 15.0. The summed E-state index contributed by atoms with van der Waals surface area (Å²) in [6.45, 7) is 8.43. The van der Waals surface area contributed by atoms with Gasteiger partial charge in [-0.25, -0.2) is 15.0 Å². The van der Waals surface area contributed by atoms with Gasteiger partial charge >= 0.3 is 0 Å². The molecule has 0 aliphatic rings. The summed E-state index contributed by atoms with van der Waals surface area (Å²) in [5.41, 5.74) is 26.9. The average Bonchev–Trinajstić information content (AvgIpc) is 0.897. The van der Waals surface area contributed by atoms with Gasteiger partial charge in [0.25, 0.3) is 0 Å². The lowest BCUT2D eigenvalue weighted by atomic mass is 9.75. The van der Waals surface area contributed by atoms with Crippen molar-refractivity contribution in [2.75, 3.05) is 0 Å². The Morgan fingerprint density at radius 2 is 0.549 bits per heavy atom. The second kappa shape index (κ2) is 23.6. The molecule has 0 amide bonds. The van der Waals surface area contributed by atoms with Crippen molar-refractivity contribution in [3.8, 4) is 135 Å². The third-order valence-electron chi connectivity index (χ3n) is 17.2. The maximum atomic E-state index is 12.8. The molecule has 0 unspecified atom stereocenters. The third-order valence-corrected chi connectivity index (χ3v) is 17.2. The smallest absolute Gasteiger partial charge is 0.100 e. The van der Waals surface area contributed by atoms with Gasteiger partial charge in [-0.3, -0.25) is 4.98 Å². The molecule has 0 spiro atoms. The Labute approximate surface area is 530 Å². The summed E-state index contributed by atoms with van der Waals surface area (Å²) in [7, 11) is 0. The molecule has 5 aromatic heterocycles. The largest absolute Gasteiger partial charge is 0.309 e. The van der Waals surface area contributed by atoms with Gasteiger partial charge in [0.1, 0.15) is 6.07 Å². The fourth-order valence-electron chi connectivity index (χ4n) is 13.2. The minimum absolute atomic E-state index is 0.501. The summed E-state index contributed by atoms with van der Waals surface area (Å²) >= 11 is 0. The van der Waals surface area contributed by atoms with Crippen LogP contribution < -0.4 is 0 Å². The van der Waals surface area contributed by atoms with Crippen molar-refractivity contribution in [2.45, 2.75) is 27.7 Å². The number of fused-ring (bicyclic) bond motifs is 3. The highest BCUT2D eigenvalue weighted by Crippen LogP contribution is 2.55. The van der Waals surface area contributed by atoms with E-state index >= 15 is 0 Å². The van der Waals surface area contributed by atoms with E-state index in [2.05, 4.69) is 293 Å². The molecule has 15 aromatic rings. The Morgan fingerprint density at radius 3 is 0.868 bits per heavy atom. The summed E-state index contributed by atoms with van der Waals surface area (Å²) in [6.07, 6.45) is 0. The summed E-state index contributed by atoms with van der Waals surface area (Å²) in [6, 6.07) is 105. The Hall–Kier alpha value is -11.9. The van der Waals surface area contributed by atoms with Crippen LogP contribution >= 0.6 is 0 Å². The van der Waals surface area contributed by atoms with E-state index in [1.54, 1.807) is 0 Å². The van der Waals surface area contributed by atoms with Crippen LogP contribution in [0.4, 0.5) is 0 Å². The third kappa shape index (κ3) is 10.6. The van der Waals surface area contributed by atoms with Gasteiger partial charge in [0, 0.05) is 72.4 Å². The van der Waals surface area contributed by atoms with E-state index in [0.29, 0.717) is 5.56 Å². The molecule has 0 fully saturated rings. The fourth-order valence-corrected chi connectivity index (χ4v) is 13.2. The Balaban J connectivity index is 1.16. The topological polar surface area (TPSA) is 80.3 Å². The summed E-state index contributed by atoms with van der Waals surface area (Å²) in [5.74, 6) is 0. The van der Waals surface area contributed by atoms with E-state index in [0.717, 1.165) is 151 Å². The lowest BCUT2D eigenvalue weighted by molar-refractivity contribution is 1.12. The quantitative estimate of drug-likeness (QED) is 0.122. The molecular weight excluding hydrogens is 1100 g/mol. The highest BCUT2D eigenvalue weighted by Gasteiger charge is 2.31. The number of aromatic nitrogens is 5. The zero-order chi connectivity index (χ0) is 61.5. The summed E-state index contributed by atoms with van der Waals surface area (Å²) < 4.78 is 2.37. The number of pyridine rings is 4. The first kappa shape index (κ1) is 55.7. The first-order valence-electron chi connectivity index (χ1n) is 30.8. The van der Waals surface area contributed by atoms with Crippen molar-refractivity contribution in [3.05, 3.63) is 319 Å². The van der Waals surface area contributed by atoms with Crippen molar-refractivity contribution in [3.63, 3.8) is 0 Å². The van der Waals surface area contributed by atoms with Crippen LogP contribution in [-0.4, -0.2) is 24.5 Å². The Bertz CT molecular complexity index is 5030. The molecule has 0 aliphatic heterocycles. The molecule has 0 atom stereocenters. The van der Waals surface area contributed by atoms with E-state index in [1.807, 2.05) is 36.4 Å². The van der Waals surface area contributed by atoms with Crippen LogP contribution in [0, 0.1) is 39.0 Å². The van der Waals surface area contributed by atoms with Gasteiger partial charge in [0.2, 0.25) is 0 Å². The SMILES string of the molecule is Cc1ccc2c(c1)c1cc(C)ccc1n2-c1ccc(-c2c(C#N)c(-c3cc(-c4ccccc4)nc(-c4ccccc4)c3)c(-c3cc(-c4ccccc4)nc(-c4ccccc4)c3)c(-c3cc(-c4ccccc4)nc(-c4ccccc4)c3)c2-c2cc(C)nc(C)c2)cc1. The summed E-state index contributed by atoms with van der Waals surface area (Å²) in [4.78, 5) is 21.6. The van der Waals surface area contributed by atoms with Gasteiger partial charge in [-0.1, -0.05) is 217 Å². The maximum absolute atomic E-state index is 12.8. The van der Waals surface area contributed by atoms with Crippen LogP contribution in [0.5, 0.6) is 0 Å². The number of nitrogens with zero attached hydrogens (tertiary/aromatic N) is 6. The van der Waals surface area contributed by atoms with Crippen molar-refractivity contribution in [1.82, 2.24) is 24.5 Å². The second-order valence-corrected chi connectivity index (χ2v) is 23.5. The number of rotatable bonds is 12. The standard InChI is InChI=1S/C85H60N6/c1-54-35-41-79-70(43-54)71-44-55(2)36-42-80(71)91(79)69-39-37-64(38-40-69)81-72(53-86)82(66-47-73(58-23-11-5-12-24-58)88-74(48-66)59-25-13-6-14-26-59)84(67-49-75(60-27-15-7-16-28-60)89-76(50-67)61-29-17-8-18-30-61)85(83(81)65-45-56(3)87-57(4)46-65)68-51-77(62-31-19-9-20-32-62)90-78(52-68)63-33-21-10-22-34-63/h5-52H,1-4H3. The monoisotopic (exact) mass is 1160 g/mol. The predicted molar refractivity (Wildman–Crippen MR) is 375 cm³/mol. The zero-order valence-electron chi connectivity index (χ0n) is 50.9. The Morgan fingerprint density at radius 1 is 0.264 bits per heavy atom. The lowest BCUT2D eigenvalue weighted by Crippen LogP contribution is -2.05. The van der Waals surface area contributed by atoms with Gasteiger partial charge in [0.15, 0.2) is 0 Å². The molecule has 15 rings (SSSR count). The molecule has 0 N–H and O–H groups in total. The van der Waals surface area contributed by atoms with Crippen LogP contribution in [0.2, 0.25) is 0 Å². The Kier molecular flexibility index (Phi) is 14.5. The highest BCUT2D eigenvalue weighted by molar-refractivity contribution is 6.13. The predicted octanol–water partition coefficient (Wildman–Crippen LogP) is 21.8. The van der Waals surface area contributed by atoms with Gasteiger partial charge in [-0.2, -0.15) is 5.26 Å². The molecule has 91 heavy (non-hydrogen) atoms. The minimum Gasteiger partial charge on any atom is -0.309 e. The number of hydrogen-bond acceptors (Lipinski definition) is 5. The average molecular weight is 1170 g/mol. The maximum Gasteiger partial charge on any atom is 0.100 e. The molecule has 0 aliphatic carbocycles. The van der Waals surface area contributed by atoms with Crippen LogP contribution in [0.25, 0.3) is 151 Å². The second-order valence-electron chi connectivity index (χ2n) is 23.5. The van der Waals surface area contributed by atoms with E-state index in [9.17, 15) is 5.26 Å². The molecular formula is C85H60N6. The molecule has 6 heteroatoms. The van der Waals surface area contributed by atoms with Gasteiger partial charge < -0.3 is 4.57 Å². The fraction of sp³-hybridized carbons (Fsp3) is 0.0471. The minimum atomic E-state index is 0.501. The normalized spacial score (nSPS) is 11.3. The molecule has 0 radical (unpaired) electrons. The summed E-state index contributed by atoms with van der Waals surface area (Å²) in [5, 5.41) is 15.3. The van der Waals surface area contributed by atoms with E-state index < -0.39 is 0 Å². The lowest BCUT2D eigenvalue weighted by Gasteiger charge is -2.27. The first-order valence-corrected chi connectivity index (χ1v) is 30.8. The molecule has 0 saturated heterocycles. The molecule has 0 saturated carbocycles. The van der Waals surface area contributed by atoms with Gasteiger partial charge in [0.05, 0.1) is 50.8 Å². The van der Waals surface area contributed by atoms with E-state index in [-0.39, 0.29) is 0 Å². The van der Waals surface area contributed by atoms with Crippen molar-refractivity contribution in [1.29, 1.82) is 5.26 Å². The van der Waals surface area contributed by atoms with Crippen molar-refractivity contribution in [2.24, 2.45) is 0 Å². The van der Waals surface area contributed by atoms with E-state index in [1.165, 1.54) is 21.9 Å². The number of aryl methyl sites for hydroxylation is 4. The number of hydrogen-bond donors (Lipinski definition) is 0. The molecule has 10 aromatic carbocycles. The van der Waals surface area contributed by atoms with Crippen LogP contribution in [0.3, 0.4) is 0 Å². The van der Waals surface area contributed by atoms with Crippen molar-refractivity contribution >= 4 is 21.8 Å². The van der Waals surface area contributed by atoms with Crippen LogP contribution in [0.15, 0.2) is 291 Å². The van der Waals surface area contributed by atoms with Crippen molar-refractivity contribution < 1.29 is 0 Å². The van der Waals surface area contributed by atoms with Crippen LogP contribution in [0.1, 0.15) is 28.1 Å². The van der Waals surface area contributed by atoms with Crippen LogP contribution in [-0.2, 0) is 0 Å². The number of benzene rings is 10. The van der Waals surface area contributed by atoms with Gasteiger partial charge in [-0.05, 0) is 157 Å². The first-order chi connectivity index (χ1) is 44.7.